The molecule has 2 amide bonds. The van der Waals surface area contributed by atoms with Crippen LogP contribution in [0, 0.1) is 11.8 Å². The van der Waals surface area contributed by atoms with E-state index in [4.69, 9.17) is 10.5 Å². The van der Waals surface area contributed by atoms with Crippen molar-refractivity contribution in [1.29, 1.82) is 0 Å². The largest absolute Gasteiger partial charge is 0.481 e. The zero-order valence-electron chi connectivity index (χ0n) is 16.4. The number of aliphatic hydroxyl groups is 1. The molecule has 1 aliphatic rings. The van der Waals surface area contributed by atoms with Crippen LogP contribution in [0.2, 0.25) is 0 Å². The van der Waals surface area contributed by atoms with Crippen LogP contribution in [0.4, 0.5) is 0 Å². The van der Waals surface area contributed by atoms with Gasteiger partial charge in [-0.15, -0.1) is 0 Å². The van der Waals surface area contributed by atoms with Gasteiger partial charge in [-0.1, -0.05) is 17.9 Å². The molecule has 4 rings (SSSR count). The number of nitrogens with zero attached hydrogens (tertiary/aromatic N) is 4. The summed E-state index contributed by atoms with van der Waals surface area (Å²) in [6.07, 6.45) is 1.80. The molecule has 3 heterocycles. The molecule has 0 aliphatic carbocycles. The number of ether oxygens (including phenoxy) is 1. The van der Waals surface area contributed by atoms with E-state index in [2.05, 4.69) is 21.9 Å². The van der Waals surface area contributed by atoms with E-state index in [1.807, 2.05) is 0 Å². The van der Waals surface area contributed by atoms with Gasteiger partial charge in [-0.25, -0.2) is 9.67 Å². The summed E-state index contributed by atoms with van der Waals surface area (Å²) in [5.41, 5.74) is 5.67. The molecule has 3 aromatic rings. The fourth-order valence-corrected chi connectivity index (χ4v) is 3.35. The number of benzene rings is 1. The predicted molar refractivity (Wildman–Crippen MR) is 108 cm³/mol. The third-order valence-corrected chi connectivity index (χ3v) is 5.00. The van der Waals surface area contributed by atoms with Crippen LogP contribution in [0.5, 0.6) is 5.88 Å². The zero-order chi connectivity index (χ0) is 21.5. The van der Waals surface area contributed by atoms with Crippen molar-refractivity contribution in [3.05, 3.63) is 47.8 Å². The van der Waals surface area contributed by atoms with Crippen LogP contribution in [-0.4, -0.2) is 62.9 Å². The number of hydrogen-bond donors (Lipinski definition) is 2. The number of fused-ring (bicyclic) bond motifs is 1. The van der Waals surface area contributed by atoms with Gasteiger partial charge in [0.25, 0.3) is 11.8 Å². The Morgan fingerprint density at radius 3 is 2.83 bits per heavy atom. The molecule has 0 bridgehead atoms. The van der Waals surface area contributed by atoms with Crippen LogP contribution >= 0.6 is 0 Å². The van der Waals surface area contributed by atoms with Crippen molar-refractivity contribution in [2.75, 3.05) is 20.7 Å². The predicted octanol–water partition coefficient (Wildman–Crippen LogP) is 0.473. The Morgan fingerprint density at radius 2 is 2.17 bits per heavy atom. The van der Waals surface area contributed by atoms with Gasteiger partial charge >= 0.3 is 0 Å². The van der Waals surface area contributed by atoms with Gasteiger partial charge in [-0.05, 0) is 18.2 Å². The summed E-state index contributed by atoms with van der Waals surface area (Å²) in [6, 6.07) is 8.64. The minimum Gasteiger partial charge on any atom is -0.481 e. The van der Waals surface area contributed by atoms with E-state index in [-0.39, 0.29) is 12.1 Å². The van der Waals surface area contributed by atoms with Crippen LogP contribution in [0.1, 0.15) is 22.5 Å². The van der Waals surface area contributed by atoms with Crippen molar-refractivity contribution in [2.24, 2.45) is 5.73 Å². The Kier molecular flexibility index (Phi) is 4.64. The van der Waals surface area contributed by atoms with Crippen LogP contribution in [0.15, 0.2) is 36.5 Å². The fraction of sp³-hybridized carbons (Fsp3) is 0.238. The van der Waals surface area contributed by atoms with Gasteiger partial charge in [0.2, 0.25) is 11.5 Å². The van der Waals surface area contributed by atoms with Crippen LogP contribution < -0.4 is 10.5 Å². The van der Waals surface area contributed by atoms with Gasteiger partial charge < -0.3 is 20.5 Å². The average molecular weight is 405 g/mol. The lowest BCUT2D eigenvalue weighted by molar-refractivity contribution is -0.137. The molecule has 30 heavy (non-hydrogen) atoms. The molecule has 9 heteroatoms. The first-order valence-corrected chi connectivity index (χ1v) is 9.16. The molecular formula is C21H19N5O4. The first kappa shape index (κ1) is 19.4. The van der Waals surface area contributed by atoms with Gasteiger partial charge in [0.05, 0.1) is 24.5 Å². The van der Waals surface area contributed by atoms with Gasteiger partial charge in [-0.3, -0.25) is 9.59 Å². The number of carbonyl (C=O) groups excluding carboxylic acids is 2. The van der Waals surface area contributed by atoms with E-state index >= 15 is 0 Å². The highest BCUT2D eigenvalue weighted by atomic mass is 16.5. The topological polar surface area (TPSA) is 124 Å². The number of aromatic nitrogens is 3. The lowest BCUT2D eigenvalue weighted by Crippen LogP contribution is -2.37. The van der Waals surface area contributed by atoms with Crippen molar-refractivity contribution in [3.8, 4) is 23.4 Å². The molecule has 9 nitrogen and oxygen atoms in total. The number of carbonyl (C=O) groups is 2. The summed E-state index contributed by atoms with van der Waals surface area (Å²) < 4.78 is 6.66. The maximum atomic E-state index is 12.1. The van der Waals surface area contributed by atoms with Crippen LogP contribution in [0.3, 0.4) is 0 Å². The number of pyridine rings is 1. The Labute approximate surface area is 172 Å². The minimum absolute atomic E-state index is 0.0936. The van der Waals surface area contributed by atoms with Crippen molar-refractivity contribution >= 4 is 22.7 Å². The molecule has 3 N–H and O–H groups in total. The van der Waals surface area contributed by atoms with Gasteiger partial charge in [0, 0.05) is 37.0 Å². The average Bonchev–Trinajstić information content (AvgIpc) is 3.26. The molecule has 0 radical (unpaired) electrons. The quantitative estimate of drug-likeness (QED) is 0.611. The van der Waals surface area contributed by atoms with Crippen molar-refractivity contribution in [3.63, 3.8) is 0 Å². The minimum atomic E-state index is -1.68. The molecule has 1 aliphatic heterocycles. The summed E-state index contributed by atoms with van der Waals surface area (Å²) in [6.45, 7) is 0.454. The molecule has 1 atom stereocenters. The summed E-state index contributed by atoms with van der Waals surface area (Å²) in [5, 5.41) is 15.3. The van der Waals surface area contributed by atoms with Gasteiger partial charge in [0.1, 0.15) is 0 Å². The monoisotopic (exact) mass is 405 g/mol. The maximum Gasteiger partial charge on any atom is 0.269 e. The summed E-state index contributed by atoms with van der Waals surface area (Å²) in [4.78, 5) is 29.6. The Hall–Kier alpha value is -3.90. The fourth-order valence-electron chi connectivity index (χ4n) is 3.35. The van der Waals surface area contributed by atoms with E-state index in [9.17, 15) is 14.7 Å². The SMILES string of the molecule is COc1cc2c(C(N)=O)nn(-c3cccc(C#C[C@]4(O)CCN(C)C4=O)c3)c2cn1. The summed E-state index contributed by atoms with van der Waals surface area (Å²) in [7, 11) is 3.11. The molecule has 1 fully saturated rings. The Bertz CT molecular complexity index is 1240. The number of hydrogen-bond acceptors (Lipinski definition) is 6. The van der Waals surface area contributed by atoms with E-state index in [0.29, 0.717) is 34.6 Å². The second kappa shape index (κ2) is 7.17. The number of amides is 2. The van der Waals surface area contributed by atoms with E-state index in [1.165, 1.54) is 16.7 Å². The van der Waals surface area contributed by atoms with E-state index < -0.39 is 17.4 Å². The number of primary amides is 1. The molecular weight excluding hydrogens is 386 g/mol. The molecule has 152 valence electrons. The number of methoxy groups -OCH3 is 1. The van der Waals surface area contributed by atoms with E-state index in [0.717, 1.165) is 0 Å². The Balaban J connectivity index is 1.77. The third-order valence-electron chi connectivity index (χ3n) is 5.00. The summed E-state index contributed by atoms with van der Waals surface area (Å²) >= 11 is 0. The molecule has 0 spiro atoms. The Morgan fingerprint density at radius 1 is 1.37 bits per heavy atom. The van der Waals surface area contributed by atoms with Gasteiger partial charge in [-0.2, -0.15) is 5.10 Å². The van der Waals surface area contributed by atoms with Crippen LogP contribution in [0.25, 0.3) is 16.6 Å². The van der Waals surface area contributed by atoms with Gasteiger partial charge in [0.15, 0.2) is 5.69 Å². The smallest absolute Gasteiger partial charge is 0.269 e. The lowest BCUT2D eigenvalue weighted by Gasteiger charge is -2.13. The molecule has 2 aromatic heterocycles. The third kappa shape index (κ3) is 3.23. The number of nitrogens with two attached hydrogens (primary N) is 1. The first-order chi connectivity index (χ1) is 14.3. The lowest BCUT2D eigenvalue weighted by atomic mass is 10.0. The van der Waals surface area contributed by atoms with E-state index in [1.54, 1.807) is 43.6 Å². The maximum absolute atomic E-state index is 12.1. The van der Waals surface area contributed by atoms with Crippen molar-refractivity contribution in [1.82, 2.24) is 19.7 Å². The van der Waals surface area contributed by atoms with Crippen LogP contribution in [-0.2, 0) is 4.79 Å². The normalized spacial score (nSPS) is 18.4. The van der Waals surface area contributed by atoms with Crippen molar-refractivity contribution in [2.45, 2.75) is 12.0 Å². The molecule has 0 saturated carbocycles. The first-order valence-electron chi connectivity index (χ1n) is 9.16. The number of likely N-dealkylation sites (tertiary alicyclic amines) is 1. The summed E-state index contributed by atoms with van der Waals surface area (Å²) in [5.74, 6) is 4.82. The molecule has 0 unspecified atom stereocenters. The highest BCUT2D eigenvalue weighted by Crippen LogP contribution is 2.25. The van der Waals surface area contributed by atoms with Crippen molar-refractivity contribution < 1.29 is 19.4 Å². The molecule has 1 saturated heterocycles. The number of rotatable bonds is 3. The number of likely N-dealkylation sites (N-methyl/N-ethyl adjacent to an activating group) is 1. The molecule has 1 aromatic carbocycles. The highest BCUT2D eigenvalue weighted by Gasteiger charge is 2.42. The highest BCUT2D eigenvalue weighted by molar-refractivity contribution is 6.04. The second-order valence-electron chi connectivity index (χ2n) is 7.01. The standard InChI is InChI=1S/C21H19N5O4/c1-25-9-8-21(29,20(25)28)7-6-13-4-3-5-14(10-13)26-16-12-23-17(30-2)11-15(16)18(24-26)19(22)27/h3-5,10-12,29H,8-9H2,1-2H3,(H2,22,27)/t21-/m0/s1. The second-order valence-corrected chi connectivity index (χ2v) is 7.01. The zero-order valence-corrected chi connectivity index (χ0v) is 16.4.